The number of aromatic hydroxyl groups is 1. The maximum absolute atomic E-state index is 11.4. The molecule has 1 aromatic rings. The lowest BCUT2D eigenvalue weighted by molar-refractivity contribution is 0.0965. The van der Waals surface area contributed by atoms with Crippen molar-refractivity contribution in [2.75, 3.05) is 0 Å². The summed E-state index contributed by atoms with van der Waals surface area (Å²) in [7, 11) is 0. The molecule has 0 radical (unpaired) electrons. The number of carbonyl (C=O) groups is 1. The second kappa shape index (κ2) is 3.77. The molecule has 0 aliphatic carbocycles. The topological polar surface area (TPSA) is 63.3 Å². The lowest BCUT2D eigenvalue weighted by Gasteiger charge is -2.06. The van der Waals surface area contributed by atoms with Crippen molar-refractivity contribution in [1.82, 2.24) is 0 Å². The van der Waals surface area contributed by atoms with Crippen LogP contribution in [0.2, 0.25) is 5.02 Å². The number of rotatable bonds is 2. The van der Waals surface area contributed by atoms with Gasteiger partial charge in [-0.2, -0.15) is 0 Å². The summed E-state index contributed by atoms with van der Waals surface area (Å²) in [6.45, 7) is 1.56. The van der Waals surface area contributed by atoms with Crippen molar-refractivity contribution in [3.8, 4) is 5.75 Å². The van der Waals surface area contributed by atoms with Gasteiger partial charge in [0.15, 0.2) is 5.78 Å². The lowest BCUT2D eigenvalue weighted by Crippen LogP contribution is -2.26. The van der Waals surface area contributed by atoms with Crippen molar-refractivity contribution in [2.24, 2.45) is 5.73 Å². The molecule has 0 aromatic heterocycles. The Kier molecular flexibility index (Phi) is 2.90. The van der Waals surface area contributed by atoms with Gasteiger partial charge >= 0.3 is 0 Å². The minimum absolute atomic E-state index is 0.159. The first-order valence-corrected chi connectivity index (χ1v) is 4.19. The van der Waals surface area contributed by atoms with Gasteiger partial charge in [-0.05, 0) is 19.1 Å². The molecule has 1 rings (SSSR count). The van der Waals surface area contributed by atoms with E-state index in [9.17, 15) is 9.90 Å². The average molecular weight is 200 g/mol. The third-order valence-corrected chi connectivity index (χ3v) is 1.97. The molecule has 0 aliphatic heterocycles. The highest BCUT2D eigenvalue weighted by atomic mass is 35.5. The second-order valence-corrected chi connectivity index (χ2v) is 3.20. The predicted octanol–water partition coefficient (Wildman–Crippen LogP) is 1.58. The molecule has 0 amide bonds. The molecule has 70 valence electrons. The minimum Gasteiger partial charge on any atom is -0.506 e. The molecule has 1 atom stereocenters. The smallest absolute Gasteiger partial charge is 0.182 e. The van der Waals surface area contributed by atoms with Crippen LogP contribution in [-0.2, 0) is 0 Å². The van der Waals surface area contributed by atoms with Gasteiger partial charge in [0.2, 0.25) is 0 Å². The molecule has 1 aromatic carbocycles. The molecule has 0 aliphatic rings. The van der Waals surface area contributed by atoms with E-state index >= 15 is 0 Å². The standard InChI is InChI=1S/C9H10ClNO2/c1-5(11)8(12)6-3-2-4-7(10)9(6)13/h2-5,13H,11H2,1H3. The largest absolute Gasteiger partial charge is 0.506 e. The van der Waals surface area contributed by atoms with Gasteiger partial charge in [-0.15, -0.1) is 0 Å². The summed E-state index contributed by atoms with van der Waals surface area (Å²) >= 11 is 5.62. The van der Waals surface area contributed by atoms with E-state index in [1.807, 2.05) is 0 Å². The van der Waals surface area contributed by atoms with Crippen LogP contribution < -0.4 is 5.73 Å². The zero-order valence-corrected chi connectivity index (χ0v) is 7.88. The van der Waals surface area contributed by atoms with Crippen molar-refractivity contribution in [3.63, 3.8) is 0 Å². The van der Waals surface area contributed by atoms with Crippen molar-refractivity contribution in [1.29, 1.82) is 0 Å². The molecule has 0 spiro atoms. The van der Waals surface area contributed by atoms with Crippen LogP contribution in [0.4, 0.5) is 0 Å². The number of hydrogen-bond donors (Lipinski definition) is 2. The number of para-hydroxylation sites is 1. The molecule has 3 N–H and O–H groups in total. The monoisotopic (exact) mass is 199 g/mol. The van der Waals surface area contributed by atoms with Gasteiger partial charge in [-0.3, -0.25) is 4.79 Å². The molecule has 0 heterocycles. The highest BCUT2D eigenvalue weighted by Crippen LogP contribution is 2.27. The Morgan fingerprint density at radius 2 is 2.23 bits per heavy atom. The number of Topliss-reactive ketones (excluding diaryl/α,β-unsaturated/α-hetero) is 1. The van der Waals surface area contributed by atoms with Crippen LogP contribution in [0, 0.1) is 0 Å². The van der Waals surface area contributed by atoms with Crippen LogP contribution in [0.5, 0.6) is 5.75 Å². The van der Waals surface area contributed by atoms with Crippen LogP contribution in [0.25, 0.3) is 0 Å². The zero-order valence-electron chi connectivity index (χ0n) is 7.12. The summed E-state index contributed by atoms with van der Waals surface area (Å²) < 4.78 is 0. The zero-order chi connectivity index (χ0) is 10.0. The van der Waals surface area contributed by atoms with E-state index < -0.39 is 6.04 Å². The number of carbonyl (C=O) groups excluding carboxylic acids is 1. The number of halogens is 1. The van der Waals surface area contributed by atoms with E-state index in [1.165, 1.54) is 12.1 Å². The molecular weight excluding hydrogens is 190 g/mol. The maximum atomic E-state index is 11.4. The molecule has 0 bridgehead atoms. The fourth-order valence-corrected chi connectivity index (χ4v) is 1.13. The molecule has 3 nitrogen and oxygen atoms in total. The molecule has 0 fully saturated rings. The van der Waals surface area contributed by atoms with E-state index in [4.69, 9.17) is 17.3 Å². The van der Waals surface area contributed by atoms with Crippen molar-refractivity contribution >= 4 is 17.4 Å². The minimum atomic E-state index is -0.635. The van der Waals surface area contributed by atoms with Crippen molar-refractivity contribution < 1.29 is 9.90 Å². The van der Waals surface area contributed by atoms with E-state index in [1.54, 1.807) is 13.0 Å². The Balaban J connectivity index is 3.15. The predicted molar refractivity (Wildman–Crippen MR) is 51.1 cm³/mol. The Labute approximate surface area is 81.1 Å². The average Bonchev–Trinajstić information content (AvgIpc) is 2.08. The Bertz CT molecular complexity index is 336. The maximum Gasteiger partial charge on any atom is 0.182 e. The van der Waals surface area contributed by atoms with Gasteiger partial charge in [-0.1, -0.05) is 17.7 Å². The van der Waals surface area contributed by atoms with Crippen LogP contribution in [0.1, 0.15) is 17.3 Å². The van der Waals surface area contributed by atoms with Gasteiger partial charge < -0.3 is 10.8 Å². The quantitative estimate of drug-likeness (QED) is 0.711. The molecule has 13 heavy (non-hydrogen) atoms. The number of ketones is 1. The molecule has 4 heteroatoms. The first-order valence-electron chi connectivity index (χ1n) is 3.81. The number of benzene rings is 1. The molecule has 0 saturated heterocycles. The first-order chi connectivity index (χ1) is 6.04. The number of phenols is 1. The Morgan fingerprint density at radius 1 is 1.62 bits per heavy atom. The van der Waals surface area contributed by atoms with Crippen LogP contribution in [0.3, 0.4) is 0 Å². The fourth-order valence-electron chi connectivity index (χ4n) is 0.959. The lowest BCUT2D eigenvalue weighted by atomic mass is 10.1. The first kappa shape index (κ1) is 10.0. The summed E-state index contributed by atoms with van der Waals surface area (Å²) in [5.41, 5.74) is 5.55. The summed E-state index contributed by atoms with van der Waals surface area (Å²) in [4.78, 5) is 11.4. The van der Waals surface area contributed by atoms with Crippen molar-refractivity contribution in [2.45, 2.75) is 13.0 Å². The second-order valence-electron chi connectivity index (χ2n) is 2.79. The van der Waals surface area contributed by atoms with E-state index in [-0.39, 0.29) is 22.1 Å². The third kappa shape index (κ3) is 1.99. The van der Waals surface area contributed by atoms with Gasteiger partial charge in [0, 0.05) is 0 Å². The molecular formula is C9H10ClNO2. The van der Waals surface area contributed by atoms with Crippen molar-refractivity contribution in [3.05, 3.63) is 28.8 Å². The van der Waals surface area contributed by atoms with Gasteiger partial charge in [0.25, 0.3) is 0 Å². The van der Waals surface area contributed by atoms with Gasteiger partial charge in [-0.25, -0.2) is 0 Å². The summed E-state index contributed by atoms with van der Waals surface area (Å²) in [6.07, 6.45) is 0. The summed E-state index contributed by atoms with van der Waals surface area (Å²) in [5, 5.41) is 9.57. The van der Waals surface area contributed by atoms with Crippen LogP contribution in [0.15, 0.2) is 18.2 Å². The number of phenolic OH excluding ortho intramolecular Hbond substituents is 1. The summed E-state index contributed by atoms with van der Waals surface area (Å²) in [6, 6.07) is 3.96. The number of hydrogen-bond acceptors (Lipinski definition) is 3. The van der Waals surface area contributed by atoms with Gasteiger partial charge in [0.05, 0.1) is 16.6 Å². The highest BCUT2D eigenvalue weighted by molar-refractivity contribution is 6.32. The van der Waals surface area contributed by atoms with E-state index in [2.05, 4.69) is 0 Å². The van der Waals surface area contributed by atoms with Crippen LogP contribution >= 0.6 is 11.6 Å². The van der Waals surface area contributed by atoms with E-state index in [0.717, 1.165) is 0 Å². The molecule has 1 unspecified atom stereocenters. The fraction of sp³-hybridized carbons (Fsp3) is 0.222. The highest BCUT2D eigenvalue weighted by Gasteiger charge is 2.16. The summed E-state index contributed by atoms with van der Waals surface area (Å²) in [5.74, 6) is -0.522. The number of nitrogens with two attached hydrogens (primary N) is 1. The Morgan fingerprint density at radius 3 is 2.77 bits per heavy atom. The normalized spacial score (nSPS) is 12.5. The third-order valence-electron chi connectivity index (χ3n) is 1.67. The molecule has 0 saturated carbocycles. The van der Waals surface area contributed by atoms with Crippen LogP contribution in [-0.4, -0.2) is 16.9 Å². The Hall–Kier alpha value is -1.06. The SMILES string of the molecule is CC(N)C(=O)c1cccc(Cl)c1O. The van der Waals surface area contributed by atoms with Gasteiger partial charge in [0.1, 0.15) is 5.75 Å². The van der Waals surface area contributed by atoms with E-state index in [0.29, 0.717) is 0 Å².